The molecule has 1 aliphatic heterocycles. The van der Waals surface area contributed by atoms with Crippen molar-refractivity contribution in [1.29, 1.82) is 0 Å². The molecule has 0 spiro atoms. The number of rotatable bonds is 4. The molecule has 20 heavy (non-hydrogen) atoms. The first-order valence-corrected chi connectivity index (χ1v) is 7.41. The molecule has 1 aliphatic carbocycles. The van der Waals surface area contributed by atoms with Gasteiger partial charge in [-0.15, -0.1) is 0 Å². The third-order valence-electron chi connectivity index (χ3n) is 5.02. The molecule has 2 fully saturated rings. The SMILES string of the molecule is CO[C@H]1CC[C@@]2(OC)CCN(Cc3cc(C)no3)[C@H]2C1. The fourth-order valence-electron chi connectivity index (χ4n) is 3.85. The molecule has 0 aromatic carbocycles. The Bertz CT molecular complexity index is 462. The molecule has 3 rings (SSSR count). The highest BCUT2D eigenvalue weighted by atomic mass is 16.5. The van der Waals surface area contributed by atoms with Crippen molar-refractivity contribution in [1.82, 2.24) is 10.1 Å². The predicted molar refractivity (Wildman–Crippen MR) is 74.4 cm³/mol. The highest BCUT2D eigenvalue weighted by Crippen LogP contribution is 2.43. The van der Waals surface area contributed by atoms with Crippen LogP contribution in [0.25, 0.3) is 0 Å². The summed E-state index contributed by atoms with van der Waals surface area (Å²) in [5, 5.41) is 3.97. The zero-order valence-corrected chi connectivity index (χ0v) is 12.6. The van der Waals surface area contributed by atoms with E-state index in [1.807, 2.05) is 27.2 Å². The van der Waals surface area contributed by atoms with Gasteiger partial charge in [0, 0.05) is 32.9 Å². The van der Waals surface area contributed by atoms with Crippen LogP contribution in [0.2, 0.25) is 0 Å². The van der Waals surface area contributed by atoms with Gasteiger partial charge < -0.3 is 14.0 Å². The molecule has 5 nitrogen and oxygen atoms in total. The summed E-state index contributed by atoms with van der Waals surface area (Å²) in [4.78, 5) is 2.47. The maximum atomic E-state index is 5.93. The number of fused-ring (bicyclic) bond motifs is 1. The number of aromatic nitrogens is 1. The van der Waals surface area contributed by atoms with E-state index in [4.69, 9.17) is 14.0 Å². The van der Waals surface area contributed by atoms with Gasteiger partial charge in [-0.25, -0.2) is 0 Å². The summed E-state index contributed by atoms with van der Waals surface area (Å²) >= 11 is 0. The first-order valence-electron chi connectivity index (χ1n) is 7.41. The Morgan fingerprint density at radius 1 is 1.45 bits per heavy atom. The van der Waals surface area contributed by atoms with Gasteiger partial charge in [-0.1, -0.05) is 5.16 Å². The van der Waals surface area contributed by atoms with Gasteiger partial charge in [-0.3, -0.25) is 4.90 Å². The molecule has 112 valence electrons. The average molecular weight is 280 g/mol. The third kappa shape index (κ3) is 2.38. The second kappa shape index (κ2) is 5.47. The molecule has 1 saturated heterocycles. The van der Waals surface area contributed by atoms with Crippen LogP contribution in [-0.4, -0.2) is 48.6 Å². The minimum atomic E-state index is 0.00406. The lowest BCUT2D eigenvalue weighted by atomic mass is 9.79. The van der Waals surface area contributed by atoms with Crippen LogP contribution >= 0.6 is 0 Å². The molecular weight excluding hydrogens is 256 g/mol. The topological polar surface area (TPSA) is 47.7 Å². The Morgan fingerprint density at radius 3 is 2.95 bits per heavy atom. The van der Waals surface area contributed by atoms with Crippen molar-refractivity contribution in [2.45, 2.75) is 56.9 Å². The molecule has 2 aliphatic rings. The molecule has 0 unspecified atom stereocenters. The molecular formula is C15H24N2O3. The van der Waals surface area contributed by atoms with Gasteiger partial charge in [-0.05, 0) is 32.6 Å². The van der Waals surface area contributed by atoms with Crippen LogP contribution in [0, 0.1) is 6.92 Å². The third-order valence-corrected chi connectivity index (χ3v) is 5.02. The Kier molecular flexibility index (Phi) is 3.84. The van der Waals surface area contributed by atoms with Crippen LogP contribution in [0.4, 0.5) is 0 Å². The molecule has 1 saturated carbocycles. The van der Waals surface area contributed by atoms with E-state index in [0.29, 0.717) is 12.1 Å². The van der Waals surface area contributed by atoms with Gasteiger partial charge in [0.2, 0.25) is 0 Å². The summed E-state index contributed by atoms with van der Waals surface area (Å²) in [5.41, 5.74) is 0.944. The monoisotopic (exact) mass is 280 g/mol. The first kappa shape index (κ1) is 14.0. The molecule has 2 heterocycles. The Morgan fingerprint density at radius 2 is 2.30 bits per heavy atom. The maximum Gasteiger partial charge on any atom is 0.150 e. The zero-order valence-electron chi connectivity index (χ0n) is 12.6. The fraction of sp³-hybridized carbons (Fsp3) is 0.800. The fourth-order valence-corrected chi connectivity index (χ4v) is 3.85. The number of methoxy groups -OCH3 is 2. The summed E-state index contributed by atoms with van der Waals surface area (Å²) < 4.78 is 16.9. The summed E-state index contributed by atoms with van der Waals surface area (Å²) in [6, 6.07) is 2.43. The van der Waals surface area contributed by atoms with Crippen molar-refractivity contribution in [2.24, 2.45) is 0 Å². The van der Waals surface area contributed by atoms with Gasteiger partial charge in [0.15, 0.2) is 5.76 Å². The number of nitrogens with zero attached hydrogens (tertiary/aromatic N) is 2. The second-order valence-electron chi connectivity index (χ2n) is 6.07. The van der Waals surface area contributed by atoms with Crippen LogP contribution in [0.15, 0.2) is 10.6 Å². The normalized spacial score (nSPS) is 34.4. The van der Waals surface area contributed by atoms with E-state index in [-0.39, 0.29) is 5.60 Å². The van der Waals surface area contributed by atoms with Crippen molar-refractivity contribution in [2.75, 3.05) is 20.8 Å². The lowest BCUT2D eigenvalue weighted by molar-refractivity contribution is -0.0953. The van der Waals surface area contributed by atoms with Crippen LogP contribution in [0.5, 0.6) is 0 Å². The van der Waals surface area contributed by atoms with Gasteiger partial charge in [0.25, 0.3) is 0 Å². The average Bonchev–Trinajstić information content (AvgIpc) is 3.04. The predicted octanol–water partition coefficient (Wildman–Crippen LogP) is 2.14. The van der Waals surface area contributed by atoms with E-state index in [2.05, 4.69) is 10.1 Å². The quantitative estimate of drug-likeness (QED) is 0.845. The molecule has 1 aromatic rings. The standard InChI is InChI=1S/C15H24N2O3/c1-11-8-13(20-16-11)10-17-7-6-15(19-3)5-4-12(18-2)9-14(15)17/h8,12,14H,4-7,9-10H2,1-3H3/t12-,14-,15+/m0/s1. The maximum absolute atomic E-state index is 5.93. The van der Waals surface area contributed by atoms with Crippen molar-refractivity contribution >= 4 is 0 Å². The van der Waals surface area contributed by atoms with Crippen LogP contribution < -0.4 is 0 Å². The molecule has 0 radical (unpaired) electrons. The molecule has 0 N–H and O–H groups in total. The van der Waals surface area contributed by atoms with E-state index >= 15 is 0 Å². The van der Waals surface area contributed by atoms with Crippen LogP contribution in [-0.2, 0) is 16.0 Å². The van der Waals surface area contributed by atoms with E-state index in [1.165, 1.54) is 0 Å². The highest BCUT2D eigenvalue weighted by molar-refractivity contribution is 5.09. The van der Waals surface area contributed by atoms with Gasteiger partial charge in [0.05, 0.1) is 23.9 Å². The lowest BCUT2D eigenvalue weighted by Gasteiger charge is -2.43. The van der Waals surface area contributed by atoms with Crippen LogP contribution in [0.1, 0.15) is 37.1 Å². The number of ether oxygens (including phenoxy) is 2. The molecule has 0 bridgehead atoms. The van der Waals surface area contributed by atoms with Crippen molar-refractivity contribution in [3.05, 3.63) is 17.5 Å². The summed E-state index contributed by atoms with van der Waals surface area (Å²) in [5.74, 6) is 0.939. The second-order valence-corrected chi connectivity index (χ2v) is 6.07. The number of hydrogen-bond donors (Lipinski definition) is 0. The van der Waals surface area contributed by atoms with Gasteiger partial charge in [-0.2, -0.15) is 0 Å². The van der Waals surface area contributed by atoms with E-state index in [9.17, 15) is 0 Å². The summed E-state index contributed by atoms with van der Waals surface area (Å²) in [6.07, 6.45) is 4.66. The zero-order chi connectivity index (χ0) is 14.2. The van der Waals surface area contributed by atoms with E-state index < -0.39 is 0 Å². The minimum absolute atomic E-state index is 0.00406. The molecule has 5 heteroatoms. The Balaban J connectivity index is 1.75. The molecule has 1 aromatic heterocycles. The Labute approximate surface area is 120 Å². The minimum Gasteiger partial charge on any atom is -0.381 e. The largest absolute Gasteiger partial charge is 0.381 e. The highest BCUT2D eigenvalue weighted by Gasteiger charge is 2.51. The molecule has 3 atom stereocenters. The first-order chi connectivity index (χ1) is 9.66. The van der Waals surface area contributed by atoms with Gasteiger partial charge in [0.1, 0.15) is 0 Å². The lowest BCUT2D eigenvalue weighted by Crippen LogP contribution is -2.51. The van der Waals surface area contributed by atoms with Crippen molar-refractivity contribution < 1.29 is 14.0 Å². The summed E-state index contributed by atoms with van der Waals surface area (Å²) in [7, 11) is 3.66. The van der Waals surface area contributed by atoms with Gasteiger partial charge >= 0.3 is 0 Å². The van der Waals surface area contributed by atoms with Crippen molar-refractivity contribution in [3.63, 3.8) is 0 Å². The van der Waals surface area contributed by atoms with E-state index in [0.717, 1.165) is 50.2 Å². The number of aryl methyl sites for hydroxylation is 1. The van der Waals surface area contributed by atoms with Crippen molar-refractivity contribution in [3.8, 4) is 0 Å². The van der Waals surface area contributed by atoms with E-state index in [1.54, 1.807) is 0 Å². The van der Waals surface area contributed by atoms with Crippen LogP contribution in [0.3, 0.4) is 0 Å². The number of hydrogen-bond acceptors (Lipinski definition) is 5. The number of likely N-dealkylation sites (tertiary alicyclic amines) is 1. The summed E-state index contributed by atoms with van der Waals surface area (Å²) in [6.45, 7) is 3.82. The Hall–Kier alpha value is -0.910. The smallest absolute Gasteiger partial charge is 0.150 e. The molecule has 0 amide bonds.